The fourth-order valence-corrected chi connectivity index (χ4v) is 4.21. The second-order valence-corrected chi connectivity index (χ2v) is 9.19. The molecular formula is C24H50O5S. The average Bonchev–Trinajstić information content (AvgIpc) is 2.77. The SMILES string of the molecule is CCCCC(CCCC)C(CCCC)(CCCC)C(=O)S.OCC(CO)(CO)CO. The van der Waals surface area contributed by atoms with Crippen LogP contribution in [0.15, 0.2) is 0 Å². The molecule has 0 bridgehead atoms. The van der Waals surface area contributed by atoms with Crippen molar-refractivity contribution in [1.82, 2.24) is 0 Å². The van der Waals surface area contributed by atoms with E-state index in [1.807, 2.05) is 0 Å². The number of thiol groups is 1. The largest absolute Gasteiger partial charge is 0.396 e. The van der Waals surface area contributed by atoms with Crippen LogP contribution in [0.1, 0.15) is 105 Å². The Labute approximate surface area is 191 Å². The Kier molecular flexibility index (Phi) is 20.9. The molecule has 0 saturated carbocycles. The molecule has 0 spiro atoms. The van der Waals surface area contributed by atoms with Gasteiger partial charge in [-0.15, -0.1) is 12.6 Å². The van der Waals surface area contributed by atoms with E-state index in [0.717, 1.165) is 25.7 Å². The van der Waals surface area contributed by atoms with Crippen LogP contribution in [0.25, 0.3) is 0 Å². The summed E-state index contributed by atoms with van der Waals surface area (Å²) < 4.78 is 0. The molecule has 4 N–H and O–H groups in total. The first-order chi connectivity index (χ1) is 14.3. The van der Waals surface area contributed by atoms with Gasteiger partial charge in [-0.3, -0.25) is 4.79 Å². The number of aliphatic hydroxyl groups excluding tert-OH is 4. The maximum atomic E-state index is 12.5. The Hall–Kier alpha value is -0.140. The standard InChI is InChI=1S/C19H38OS.C5H12O4/c1-5-9-13-17(14-10-6-2)19(18(20)21,15-11-7-3)16-12-8-4;6-1-5(2-7,3-8)4-9/h17H,5-16H2,1-4H3,(H,20,21);6-9H,1-4H2. The van der Waals surface area contributed by atoms with E-state index < -0.39 is 31.8 Å². The molecule has 0 saturated heterocycles. The molecule has 6 heteroatoms. The van der Waals surface area contributed by atoms with Crippen molar-refractivity contribution < 1.29 is 25.2 Å². The number of hydrogen-bond donors (Lipinski definition) is 5. The molecule has 30 heavy (non-hydrogen) atoms. The van der Waals surface area contributed by atoms with Gasteiger partial charge in [-0.05, 0) is 31.6 Å². The van der Waals surface area contributed by atoms with Crippen molar-refractivity contribution in [3.63, 3.8) is 0 Å². The van der Waals surface area contributed by atoms with Crippen LogP contribution in [-0.2, 0) is 4.79 Å². The number of aliphatic hydroxyl groups is 4. The second kappa shape index (κ2) is 19.5. The Morgan fingerprint density at radius 1 is 0.700 bits per heavy atom. The summed E-state index contributed by atoms with van der Waals surface area (Å²) in [6, 6.07) is 0. The van der Waals surface area contributed by atoms with E-state index in [9.17, 15) is 4.79 Å². The number of rotatable bonds is 18. The molecule has 0 aliphatic heterocycles. The lowest BCUT2D eigenvalue weighted by Crippen LogP contribution is -2.37. The third-order valence-corrected chi connectivity index (χ3v) is 6.76. The fraction of sp³-hybridized carbons (Fsp3) is 0.958. The summed E-state index contributed by atoms with van der Waals surface area (Å²) in [4.78, 5) is 12.5. The number of hydrogen-bond acceptors (Lipinski definition) is 5. The third kappa shape index (κ3) is 11.5. The van der Waals surface area contributed by atoms with Gasteiger partial charge in [0.25, 0.3) is 0 Å². The lowest BCUT2D eigenvalue weighted by Gasteiger charge is -2.39. The topological polar surface area (TPSA) is 98.0 Å². The van der Waals surface area contributed by atoms with Crippen molar-refractivity contribution in [3.8, 4) is 0 Å². The second-order valence-electron chi connectivity index (χ2n) is 8.78. The molecule has 0 aromatic heterocycles. The molecule has 0 fully saturated rings. The van der Waals surface area contributed by atoms with Gasteiger partial charge in [0.1, 0.15) is 0 Å². The molecule has 0 radical (unpaired) electrons. The third-order valence-electron chi connectivity index (χ3n) is 6.31. The molecule has 0 aromatic rings. The van der Waals surface area contributed by atoms with Gasteiger partial charge in [-0.1, -0.05) is 79.1 Å². The molecular weight excluding hydrogens is 400 g/mol. The summed E-state index contributed by atoms with van der Waals surface area (Å²) in [7, 11) is 0. The molecule has 0 heterocycles. The van der Waals surface area contributed by atoms with Gasteiger partial charge in [0.05, 0.1) is 31.8 Å². The van der Waals surface area contributed by atoms with Crippen molar-refractivity contribution in [3.05, 3.63) is 0 Å². The summed E-state index contributed by atoms with van der Waals surface area (Å²) in [6.45, 7) is 7.32. The summed E-state index contributed by atoms with van der Waals surface area (Å²) >= 11 is 4.37. The first-order valence-corrected chi connectivity index (χ1v) is 12.4. The highest BCUT2D eigenvalue weighted by Gasteiger charge is 2.41. The van der Waals surface area contributed by atoms with Crippen LogP contribution in [-0.4, -0.2) is 52.0 Å². The van der Waals surface area contributed by atoms with Crippen LogP contribution < -0.4 is 0 Å². The zero-order valence-corrected chi connectivity index (χ0v) is 20.9. The first kappa shape index (κ1) is 32.0. The molecule has 0 aliphatic rings. The maximum absolute atomic E-state index is 12.5. The van der Waals surface area contributed by atoms with Crippen molar-refractivity contribution >= 4 is 17.7 Å². The van der Waals surface area contributed by atoms with Crippen molar-refractivity contribution in [2.75, 3.05) is 26.4 Å². The quantitative estimate of drug-likeness (QED) is 0.194. The van der Waals surface area contributed by atoms with Gasteiger partial charge in [0, 0.05) is 5.41 Å². The molecule has 0 aromatic carbocycles. The highest BCUT2D eigenvalue weighted by atomic mass is 32.1. The first-order valence-electron chi connectivity index (χ1n) is 12.0. The Balaban J connectivity index is 0. The van der Waals surface area contributed by atoms with Crippen LogP contribution in [0.2, 0.25) is 0 Å². The van der Waals surface area contributed by atoms with E-state index in [2.05, 4.69) is 40.3 Å². The monoisotopic (exact) mass is 450 g/mol. The summed E-state index contributed by atoms with van der Waals surface area (Å²) in [5, 5.41) is 34.2. The molecule has 0 aliphatic carbocycles. The van der Waals surface area contributed by atoms with Crippen molar-refractivity contribution in [1.29, 1.82) is 0 Å². The smallest absolute Gasteiger partial charge is 0.192 e. The predicted octanol–water partition coefficient (Wildman–Crippen LogP) is 4.75. The average molecular weight is 451 g/mol. The minimum absolute atomic E-state index is 0.153. The minimum Gasteiger partial charge on any atom is -0.396 e. The highest BCUT2D eigenvalue weighted by molar-refractivity contribution is 7.96. The van der Waals surface area contributed by atoms with Crippen LogP contribution in [0, 0.1) is 16.7 Å². The Bertz CT molecular complexity index is 366. The minimum atomic E-state index is -1.11. The van der Waals surface area contributed by atoms with Crippen LogP contribution in [0.5, 0.6) is 0 Å². The van der Waals surface area contributed by atoms with Gasteiger partial charge >= 0.3 is 0 Å². The van der Waals surface area contributed by atoms with E-state index in [-0.39, 0.29) is 10.5 Å². The van der Waals surface area contributed by atoms with E-state index in [1.54, 1.807) is 0 Å². The predicted molar refractivity (Wildman–Crippen MR) is 129 cm³/mol. The summed E-state index contributed by atoms with van der Waals surface area (Å²) in [5.41, 5.74) is -1.26. The Morgan fingerprint density at radius 3 is 1.23 bits per heavy atom. The highest BCUT2D eigenvalue weighted by Crippen LogP contribution is 2.45. The number of carbonyl (C=O) groups excluding carboxylic acids is 1. The molecule has 0 unspecified atom stereocenters. The van der Waals surface area contributed by atoms with Crippen LogP contribution in [0.4, 0.5) is 0 Å². The summed E-state index contributed by atoms with van der Waals surface area (Å²) in [5.74, 6) is 0.542. The van der Waals surface area contributed by atoms with Crippen LogP contribution in [0.3, 0.4) is 0 Å². The lowest BCUT2D eigenvalue weighted by molar-refractivity contribution is -0.124. The molecule has 0 atom stereocenters. The van der Waals surface area contributed by atoms with E-state index >= 15 is 0 Å². The van der Waals surface area contributed by atoms with Gasteiger partial charge in [-0.25, -0.2) is 0 Å². The Morgan fingerprint density at radius 2 is 1.03 bits per heavy atom. The van der Waals surface area contributed by atoms with Crippen LogP contribution >= 0.6 is 12.6 Å². The molecule has 0 rings (SSSR count). The zero-order valence-electron chi connectivity index (χ0n) is 20.0. The fourth-order valence-electron chi connectivity index (χ4n) is 3.80. The molecule has 0 amide bonds. The lowest BCUT2D eigenvalue weighted by atomic mass is 9.66. The normalized spacial score (nSPS) is 12.1. The maximum Gasteiger partial charge on any atom is 0.192 e. The van der Waals surface area contributed by atoms with Crippen molar-refractivity contribution in [2.45, 2.75) is 105 Å². The number of unbranched alkanes of at least 4 members (excludes halogenated alkanes) is 4. The van der Waals surface area contributed by atoms with Gasteiger partial charge in [0.2, 0.25) is 0 Å². The molecule has 182 valence electrons. The van der Waals surface area contributed by atoms with Crippen molar-refractivity contribution in [2.24, 2.45) is 16.7 Å². The molecule has 5 nitrogen and oxygen atoms in total. The van der Waals surface area contributed by atoms with E-state index in [4.69, 9.17) is 20.4 Å². The van der Waals surface area contributed by atoms with E-state index in [1.165, 1.54) is 51.4 Å². The zero-order chi connectivity index (χ0) is 23.5. The van der Waals surface area contributed by atoms with Gasteiger partial charge in [0.15, 0.2) is 5.12 Å². The number of carbonyl (C=O) groups is 1. The summed E-state index contributed by atoms with van der Waals surface area (Å²) in [6.07, 6.45) is 14.1. The van der Waals surface area contributed by atoms with Gasteiger partial charge in [-0.2, -0.15) is 0 Å². The van der Waals surface area contributed by atoms with Gasteiger partial charge < -0.3 is 20.4 Å². The van der Waals surface area contributed by atoms with E-state index in [0.29, 0.717) is 5.92 Å².